The van der Waals surface area contributed by atoms with Gasteiger partial charge < -0.3 is 18.6 Å². The van der Waals surface area contributed by atoms with E-state index in [-0.39, 0.29) is 0 Å². The van der Waals surface area contributed by atoms with Crippen LogP contribution in [-0.4, -0.2) is 38.2 Å². The van der Waals surface area contributed by atoms with Crippen LogP contribution >= 0.6 is 0 Å². The lowest BCUT2D eigenvalue weighted by molar-refractivity contribution is 0.486. The first-order valence-electron chi connectivity index (χ1n) is 40.8. The average Bonchev–Trinajstić information content (AvgIpc) is 1.60. The van der Waals surface area contributed by atoms with E-state index in [1.807, 2.05) is 42.5 Å². The maximum atomic E-state index is 7.18. The van der Waals surface area contributed by atoms with Crippen LogP contribution in [-0.2, 0) is 0 Å². The van der Waals surface area contributed by atoms with Gasteiger partial charge in [-0.1, -0.05) is 237 Å². The third-order valence-electron chi connectivity index (χ3n) is 25.5. The van der Waals surface area contributed by atoms with Crippen LogP contribution in [0.2, 0.25) is 0 Å². The Hall–Kier alpha value is -16.3. The van der Waals surface area contributed by atoms with Crippen molar-refractivity contribution in [1.29, 1.82) is 0 Å². The van der Waals surface area contributed by atoms with Crippen LogP contribution in [0.25, 0.3) is 242 Å². The van der Waals surface area contributed by atoms with E-state index in [1.54, 1.807) is 0 Å². The minimum absolute atomic E-state index is 0.591. The van der Waals surface area contributed by atoms with Gasteiger partial charge in [-0.2, -0.15) is 0 Å². The number of aromatic nitrogens is 8. The molecule has 0 aliphatic carbocycles. The summed E-state index contributed by atoms with van der Waals surface area (Å²) in [6.07, 6.45) is 0. The van der Waals surface area contributed by atoms with Crippen molar-refractivity contribution in [2.75, 3.05) is 0 Å². The van der Waals surface area contributed by atoms with Crippen LogP contribution in [0.4, 0.5) is 0 Å². The predicted octanol–water partition coefficient (Wildman–Crippen LogP) is 28.8. The average molecular weight is 1530 g/mol. The molecule has 554 valence electrons. The standard InChI is InChI=1S/C110H62N8O2/c1-2-19-63(20-3-1)64-41-49-73(50-42-64)115-94-53-47-69(59-86(94)102-74-23-6-4-21-65(74)43-55-96(102)115)67-45-52-93-85(57-67)80-28-11-14-35-91(80)118(93)110-112-89-33-18-38-101-105(89)107(114-110)82-31-16-30-76(108(82)120-101)71-39-40-72-62-98(78-26-9-8-25-77(78)83(72)61-71)116-95-54-48-70(60-87(95)103-75-24-7-5-22-66(75)44-56-97(103)116)68-46-51-92-84(58-68)79-27-10-13-34-90(79)117(92)109-111-88-32-17-37-100-104(88)106(113-109)81-29-12-15-36-99(81)119-100/h1-62H. The largest absolute Gasteiger partial charge is 0.456 e. The minimum Gasteiger partial charge on any atom is -0.456 e. The molecule has 0 bridgehead atoms. The van der Waals surface area contributed by atoms with E-state index in [0.717, 1.165) is 194 Å². The van der Waals surface area contributed by atoms with E-state index in [4.69, 9.17) is 29.4 Å². The molecule has 0 spiro atoms. The van der Waals surface area contributed by atoms with Gasteiger partial charge in [-0.15, -0.1) is 0 Å². The summed E-state index contributed by atoms with van der Waals surface area (Å²) in [6.45, 7) is 0. The van der Waals surface area contributed by atoms with Gasteiger partial charge in [0.2, 0.25) is 11.9 Å². The van der Waals surface area contributed by atoms with E-state index in [2.05, 4.69) is 352 Å². The fraction of sp³-hybridized carbons (Fsp3) is 0. The molecule has 0 radical (unpaired) electrons. The first kappa shape index (κ1) is 65.0. The van der Waals surface area contributed by atoms with Crippen LogP contribution in [0.5, 0.6) is 23.0 Å². The molecule has 27 rings (SSSR count). The van der Waals surface area contributed by atoms with E-state index in [9.17, 15) is 0 Å². The third-order valence-corrected chi connectivity index (χ3v) is 25.5. The monoisotopic (exact) mass is 1530 g/mol. The Labute approximate surface area is 684 Å². The zero-order valence-corrected chi connectivity index (χ0v) is 64.2. The SMILES string of the molecule is c1ccc(-c2ccc(-n3c4ccc(-c5ccc6c(c5)c5ccccc5n6-c5nc6c7c(cccc7n5)Oc5c(-c7ccc8cc(-n9c%10ccc(-c%11ccc%12c(c%11)c%11ccccc%11n%12-c%11nc%12c%13c(cccc%13n%11)Oc%11ccccc%11-%12)cc%10c%10c%11ccccc%11ccc%109)c9ccccc9c8c7)cccc5-6)cc4c4c5ccccc5ccc43)cc2)cc1. The lowest BCUT2D eigenvalue weighted by Crippen LogP contribution is -2.07. The molecule has 25 aromatic rings. The molecule has 10 heteroatoms. The highest BCUT2D eigenvalue weighted by atomic mass is 16.5. The number of rotatable bonds is 8. The molecular formula is C110H62N8O2. The molecule has 2 aliphatic rings. The van der Waals surface area contributed by atoms with Gasteiger partial charge in [0.1, 0.15) is 23.0 Å². The Morgan fingerprint density at radius 1 is 0.200 bits per heavy atom. The van der Waals surface area contributed by atoms with Gasteiger partial charge in [-0.3, -0.25) is 9.13 Å². The summed E-state index contributed by atoms with van der Waals surface area (Å²) in [7, 11) is 0. The molecule has 0 N–H and O–H groups in total. The molecule has 0 fully saturated rings. The smallest absolute Gasteiger partial charge is 0.235 e. The highest BCUT2D eigenvalue weighted by Crippen LogP contribution is 2.53. The summed E-state index contributed by atoms with van der Waals surface area (Å²) in [4.78, 5) is 21.8. The van der Waals surface area contributed by atoms with Crippen molar-refractivity contribution in [3.8, 4) is 113 Å². The van der Waals surface area contributed by atoms with E-state index >= 15 is 0 Å². The summed E-state index contributed by atoms with van der Waals surface area (Å²) in [5, 5.41) is 20.6. The maximum Gasteiger partial charge on any atom is 0.235 e. The minimum atomic E-state index is 0.591. The van der Waals surface area contributed by atoms with Gasteiger partial charge in [0, 0.05) is 70.9 Å². The van der Waals surface area contributed by atoms with Gasteiger partial charge in [0.05, 0.1) is 83.0 Å². The topological polar surface area (TPSA) is 89.7 Å². The van der Waals surface area contributed by atoms with Crippen LogP contribution in [0.3, 0.4) is 0 Å². The fourth-order valence-corrected chi connectivity index (χ4v) is 20.2. The highest BCUT2D eigenvalue weighted by Gasteiger charge is 2.31. The molecule has 0 amide bonds. The van der Waals surface area contributed by atoms with Crippen LogP contribution < -0.4 is 9.47 Å². The number of fused-ring (bicyclic) bond motifs is 23. The molecule has 0 saturated carbocycles. The van der Waals surface area contributed by atoms with Crippen molar-refractivity contribution in [1.82, 2.24) is 38.2 Å². The first-order chi connectivity index (χ1) is 59.5. The molecule has 19 aromatic carbocycles. The Morgan fingerprint density at radius 3 is 1.24 bits per heavy atom. The molecule has 6 aromatic heterocycles. The number of para-hydroxylation sites is 4. The van der Waals surface area contributed by atoms with Crippen molar-refractivity contribution in [3.05, 3.63) is 376 Å². The third kappa shape index (κ3) is 9.32. The maximum absolute atomic E-state index is 7.18. The zero-order valence-electron chi connectivity index (χ0n) is 64.2. The predicted molar refractivity (Wildman–Crippen MR) is 493 cm³/mol. The number of hydrogen-bond acceptors (Lipinski definition) is 6. The summed E-state index contributed by atoms with van der Waals surface area (Å²) in [5.41, 5.74) is 25.0. The number of benzene rings is 19. The summed E-state index contributed by atoms with van der Waals surface area (Å²) >= 11 is 0. The summed E-state index contributed by atoms with van der Waals surface area (Å²) in [6, 6.07) is 136. The van der Waals surface area contributed by atoms with Crippen molar-refractivity contribution < 1.29 is 9.47 Å². The molecule has 120 heavy (non-hydrogen) atoms. The Bertz CT molecular complexity index is 8870. The molecule has 10 nitrogen and oxygen atoms in total. The molecule has 0 saturated heterocycles. The lowest BCUT2D eigenvalue weighted by atomic mass is 9.93. The van der Waals surface area contributed by atoms with Crippen molar-refractivity contribution >= 4 is 152 Å². The van der Waals surface area contributed by atoms with E-state index in [1.165, 1.54) is 59.7 Å². The molecule has 0 atom stereocenters. The zero-order chi connectivity index (χ0) is 78.1. The molecular weight excluding hydrogens is 1470 g/mol. The van der Waals surface area contributed by atoms with Gasteiger partial charge in [0.25, 0.3) is 0 Å². The van der Waals surface area contributed by atoms with Crippen LogP contribution in [0.1, 0.15) is 0 Å². The Kier molecular flexibility index (Phi) is 13.3. The quantitative estimate of drug-likeness (QED) is 0.141. The van der Waals surface area contributed by atoms with Crippen molar-refractivity contribution in [2.45, 2.75) is 0 Å². The molecule has 0 unspecified atom stereocenters. The van der Waals surface area contributed by atoms with Gasteiger partial charge >= 0.3 is 0 Å². The molecule has 2 aliphatic heterocycles. The normalized spacial score (nSPS) is 12.5. The fourth-order valence-electron chi connectivity index (χ4n) is 20.2. The highest BCUT2D eigenvalue weighted by molar-refractivity contribution is 6.25. The Balaban J connectivity index is 0.560. The van der Waals surface area contributed by atoms with Gasteiger partial charge in [0.15, 0.2) is 0 Å². The number of hydrogen-bond donors (Lipinski definition) is 0. The summed E-state index contributed by atoms with van der Waals surface area (Å²) < 4.78 is 23.0. The molecule has 8 heterocycles. The van der Waals surface area contributed by atoms with E-state index in [0.29, 0.717) is 11.9 Å². The van der Waals surface area contributed by atoms with Crippen LogP contribution in [0, 0.1) is 0 Å². The second-order valence-electron chi connectivity index (χ2n) is 31.9. The van der Waals surface area contributed by atoms with Crippen LogP contribution in [0.15, 0.2) is 376 Å². The summed E-state index contributed by atoms with van der Waals surface area (Å²) in [5.74, 6) is 4.24. The van der Waals surface area contributed by atoms with Gasteiger partial charge in [-0.05, 0) is 216 Å². The second kappa shape index (κ2) is 24.6. The lowest BCUT2D eigenvalue weighted by Gasteiger charge is -2.23. The van der Waals surface area contributed by atoms with E-state index < -0.39 is 0 Å². The number of nitrogens with zero attached hydrogens (tertiary/aromatic N) is 8. The Morgan fingerprint density at radius 2 is 0.617 bits per heavy atom. The van der Waals surface area contributed by atoms with Gasteiger partial charge in [-0.25, -0.2) is 19.9 Å². The first-order valence-corrected chi connectivity index (χ1v) is 40.8. The van der Waals surface area contributed by atoms with Crippen molar-refractivity contribution in [3.63, 3.8) is 0 Å². The second-order valence-corrected chi connectivity index (χ2v) is 31.9. The number of ether oxygens (including phenoxy) is 2. The van der Waals surface area contributed by atoms with Crippen molar-refractivity contribution in [2.24, 2.45) is 0 Å².